The summed E-state index contributed by atoms with van der Waals surface area (Å²) in [5.41, 5.74) is 1.97. The van der Waals surface area contributed by atoms with Crippen molar-refractivity contribution in [3.05, 3.63) is 41.5 Å². The largest absolute Gasteiger partial charge is 0.497 e. The predicted molar refractivity (Wildman–Crippen MR) is 73.8 cm³/mol. The normalized spacial score (nSPS) is 11.2. The van der Waals surface area contributed by atoms with Crippen LogP contribution in [-0.2, 0) is 11.2 Å². The Kier molecular flexibility index (Phi) is 5.98. The molecule has 1 aromatic carbocycles. The van der Waals surface area contributed by atoms with E-state index in [4.69, 9.17) is 4.74 Å². The lowest BCUT2D eigenvalue weighted by atomic mass is 10.1. The van der Waals surface area contributed by atoms with E-state index in [0.717, 1.165) is 24.2 Å². The number of allylic oxidation sites excluding steroid dienone is 1. The Morgan fingerprint density at radius 1 is 1.33 bits per heavy atom. The van der Waals surface area contributed by atoms with Gasteiger partial charge in [-0.2, -0.15) is 0 Å². The minimum atomic E-state index is 0.0189. The van der Waals surface area contributed by atoms with E-state index in [1.165, 1.54) is 5.56 Å². The zero-order chi connectivity index (χ0) is 13.4. The first-order valence-electron chi connectivity index (χ1n) is 6.25. The SMILES string of the molecule is CC/C=C(/C)C(=O)NCCc1ccc(OC)cc1. The molecular weight excluding hydrogens is 226 g/mol. The van der Waals surface area contributed by atoms with Crippen molar-refractivity contribution in [3.8, 4) is 5.75 Å². The van der Waals surface area contributed by atoms with Crippen molar-refractivity contribution in [2.24, 2.45) is 0 Å². The van der Waals surface area contributed by atoms with Crippen LogP contribution in [0.25, 0.3) is 0 Å². The first-order valence-corrected chi connectivity index (χ1v) is 6.25. The molecule has 0 heterocycles. The van der Waals surface area contributed by atoms with Crippen LogP contribution < -0.4 is 10.1 Å². The highest BCUT2D eigenvalue weighted by Gasteiger charge is 2.02. The van der Waals surface area contributed by atoms with Gasteiger partial charge in [-0.15, -0.1) is 0 Å². The summed E-state index contributed by atoms with van der Waals surface area (Å²) in [6.45, 7) is 4.51. The van der Waals surface area contributed by atoms with Crippen molar-refractivity contribution < 1.29 is 9.53 Å². The second-order valence-electron chi connectivity index (χ2n) is 4.15. The van der Waals surface area contributed by atoms with E-state index < -0.39 is 0 Å². The van der Waals surface area contributed by atoms with Gasteiger partial charge in [-0.25, -0.2) is 0 Å². The van der Waals surface area contributed by atoms with Gasteiger partial charge in [0.2, 0.25) is 5.91 Å². The van der Waals surface area contributed by atoms with E-state index in [2.05, 4.69) is 5.32 Å². The van der Waals surface area contributed by atoms with Crippen molar-refractivity contribution >= 4 is 5.91 Å². The molecule has 0 aliphatic carbocycles. The Hall–Kier alpha value is -1.77. The van der Waals surface area contributed by atoms with Crippen molar-refractivity contribution in [2.45, 2.75) is 26.7 Å². The topological polar surface area (TPSA) is 38.3 Å². The highest BCUT2D eigenvalue weighted by Crippen LogP contribution is 2.11. The molecule has 18 heavy (non-hydrogen) atoms. The number of carbonyl (C=O) groups is 1. The molecule has 3 heteroatoms. The second kappa shape index (κ2) is 7.54. The molecule has 98 valence electrons. The van der Waals surface area contributed by atoms with E-state index in [-0.39, 0.29) is 5.91 Å². The number of methoxy groups -OCH3 is 1. The Bertz CT molecular complexity index is 407. The van der Waals surface area contributed by atoms with E-state index in [0.29, 0.717) is 6.54 Å². The maximum atomic E-state index is 11.6. The van der Waals surface area contributed by atoms with Crippen molar-refractivity contribution in [1.82, 2.24) is 5.32 Å². The number of nitrogens with one attached hydrogen (secondary N) is 1. The smallest absolute Gasteiger partial charge is 0.246 e. The lowest BCUT2D eigenvalue weighted by Crippen LogP contribution is -2.26. The molecule has 0 fully saturated rings. The molecule has 0 saturated heterocycles. The lowest BCUT2D eigenvalue weighted by Gasteiger charge is -2.06. The van der Waals surface area contributed by atoms with Gasteiger partial charge in [-0.3, -0.25) is 4.79 Å². The Labute approximate surface area is 109 Å². The third-order valence-electron chi connectivity index (χ3n) is 2.73. The fraction of sp³-hybridized carbons (Fsp3) is 0.400. The first-order chi connectivity index (χ1) is 8.67. The van der Waals surface area contributed by atoms with Crippen LogP contribution in [0.15, 0.2) is 35.9 Å². The first kappa shape index (κ1) is 14.3. The van der Waals surface area contributed by atoms with Crippen LogP contribution in [0.2, 0.25) is 0 Å². The monoisotopic (exact) mass is 247 g/mol. The molecule has 0 bridgehead atoms. The average molecular weight is 247 g/mol. The van der Waals surface area contributed by atoms with Gasteiger partial charge in [-0.1, -0.05) is 25.1 Å². The number of hydrogen-bond donors (Lipinski definition) is 1. The van der Waals surface area contributed by atoms with Gasteiger partial charge < -0.3 is 10.1 Å². The molecule has 1 amide bonds. The summed E-state index contributed by atoms with van der Waals surface area (Å²) in [4.78, 5) is 11.6. The minimum absolute atomic E-state index is 0.0189. The zero-order valence-corrected chi connectivity index (χ0v) is 11.3. The lowest BCUT2D eigenvalue weighted by molar-refractivity contribution is -0.117. The van der Waals surface area contributed by atoms with Crippen LogP contribution in [0.3, 0.4) is 0 Å². The number of hydrogen-bond acceptors (Lipinski definition) is 2. The quantitative estimate of drug-likeness (QED) is 0.785. The summed E-state index contributed by atoms with van der Waals surface area (Å²) in [5, 5.41) is 2.91. The van der Waals surface area contributed by atoms with Gasteiger partial charge in [0.1, 0.15) is 5.75 Å². The molecule has 0 radical (unpaired) electrons. The van der Waals surface area contributed by atoms with Gasteiger partial charge >= 0.3 is 0 Å². The molecule has 1 aromatic rings. The number of amides is 1. The van der Waals surface area contributed by atoms with E-state index in [1.54, 1.807) is 7.11 Å². The Balaban J connectivity index is 2.37. The highest BCUT2D eigenvalue weighted by atomic mass is 16.5. The van der Waals surface area contributed by atoms with Gasteiger partial charge in [0, 0.05) is 12.1 Å². The minimum Gasteiger partial charge on any atom is -0.497 e. The van der Waals surface area contributed by atoms with Gasteiger partial charge in [0.15, 0.2) is 0 Å². The second-order valence-corrected chi connectivity index (χ2v) is 4.15. The maximum absolute atomic E-state index is 11.6. The third kappa shape index (κ3) is 4.62. The van der Waals surface area contributed by atoms with Crippen molar-refractivity contribution in [1.29, 1.82) is 0 Å². The Morgan fingerprint density at radius 2 is 2.00 bits per heavy atom. The van der Waals surface area contributed by atoms with Crippen LogP contribution in [0.4, 0.5) is 0 Å². The molecule has 1 rings (SSSR count). The van der Waals surface area contributed by atoms with Crippen molar-refractivity contribution in [2.75, 3.05) is 13.7 Å². The molecule has 0 saturated carbocycles. The fourth-order valence-electron chi connectivity index (χ4n) is 1.65. The number of ether oxygens (including phenoxy) is 1. The third-order valence-corrected chi connectivity index (χ3v) is 2.73. The van der Waals surface area contributed by atoms with E-state index in [1.807, 2.05) is 44.2 Å². The number of carbonyl (C=O) groups excluding carboxylic acids is 1. The van der Waals surface area contributed by atoms with Crippen LogP contribution in [0, 0.1) is 0 Å². The number of rotatable bonds is 6. The molecule has 1 N–H and O–H groups in total. The summed E-state index contributed by atoms with van der Waals surface area (Å²) in [7, 11) is 1.65. The predicted octanol–water partition coefficient (Wildman–Crippen LogP) is 2.71. The standard InChI is InChI=1S/C15H21NO2/c1-4-5-12(2)15(17)16-11-10-13-6-8-14(18-3)9-7-13/h5-9H,4,10-11H2,1-3H3,(H,16,17)/b12-5-. The highest BCUT2D eigenvalue weighted by molar-refractivity contribution is 5.92. The molecule has 0 atom stereocenters. The molecule has 0 aromatic heterocycles. The fourth-order valence-corrected chi connectivity index (χ4v) is 1.65. The zero-order valence-electron chi connectivity index (χ0n) is 11.3. The summed E-state index contributed by atoms with van der Waals surface area (Å²) in [6, 6.07) is 7.89. The molecule has 3 nitrogen and oxygen atoms in total. The molecule has 0 unspecified atom stereocenters. The van der Waals surface area contributed by atoms with Crippen molar-refractivity contribution in [3.63, 3.8) is 0 Å². The summed E-state index contributed by atoms with van der Waals surface area (Å²) < 4.78 is 5.09. The summed E-state index contributed by atoms with van der Waals surface area (Å²) >= 11 is 0. The maximum Gasteiger partial charge on any atom is 0.246 e. The number of benzene rings is 1. The Morgan fingerprint density at radius 3 is 2.56 bits per heavy atom. The van der Waals surface area contributed by atoms with Gasteiger partial charge in [0.05, 0.1) is 7.11 Å². The summed E-state index contributed by atoms with van der Waals surface area (Å²) in [6.07, 6.45) is 3.65. The molecule has 0 aliphatic rings. The summed E-state index contributed by atoms with van der Waals surface area (Å²) in [5.74, 6) is 0.870. The van der Waals surface area contributed by atoms with Gasteiger partial charge in [0.25, 0.3) is 0 Å². The average Bonchev–Trinajstić information content (AvgIpc) is 2.39. The van der Waals surface area contributed by atoms with E-state index >= 15 is 0 Å². The molecule has 0 aliphatic heterocycles. The van der Waals surface area contributed by atoms with Crippen LogP contribution in [0.1, 0.15) is 25.8 Å². The molecular formula is C15H21NO2. The molecule has 0 spiro atoms. The van der Waals surface area contributed by atoms with E-state index in [9.17, 15) is 4.79 Å². The van der Waals surface area contributed by atoms with Crippen LogP contribution in [-0.4, -0.2) is 19.6 Å². The van der Waals surface area contributed by atoms with Crippen LogP contribution >= 0.6 is 0 Å². The van der Waals surface area contributed by atoms with Crippen LogP contribution in [0.5, 0.6) is 5.75 Å². The van der Waals surface area contributed by atoms with Gasteiger partial charge in [-0.05, 0) is 37.5 Å².